The molecule has 3 rings (SSSR count). The molecule has 2 amide bonds. The van der Waals surface area contributed by atoms with Crippen LogP contribution in [0.2, 0.25) is 0 Å². The fraction of sp³-hybridized carbons (Fsp3) is 0.846. The van der Waals surface area contributed by atoms with E-state index >= 15 is 0 Å². The normalized spacial score (nSPS) is 48.1. The summed E-state index contributed by atoms with van der Waals surface area (Å²) in [6.07, 6.45) is 3.44. The molecule has 6 unspecified atom stereocenters. The number of nitrogens with zero attached hydrogens (tertiary/aromatic N) is 1. The van der Waals surface area contributed by atoms with E-state index in [1.807, 2.05) is 22.9 Å². The van der Waals surface area contributed by atoms with Crippen LogP contribution in [0, 0.1) is 35.5 Å². The molecule has 2 saturated carbocycles. The third-order valence-corrected chi connectivity index (χ3v) is 6.35. The molecule has 0 radical (unpaired) electrons. The lowest BCUT2D eigenvalue weighted by Crippen LogP contribution is -2.36. The Morgan fingerprint density at radius 1 is 1.06 bits per heavy atom. The summed E-state index contributed by atoms with van der Waals surface area (Å²) in [5.41, 5.74) is 0. The second kappa shape index (κ2) is 3.93. The predicted octanol–water partition coefficient (Wildman–Crippen LogP) is 2.64. The Kier molecular flexibility index (Phi) is 2.76. The first kappa shape index (κ1) is 11.9. The Balaban J connectivity index is 1.97. The number of amides is 2. The van der Waals surface area contributed by atoms with Crippen LogP contribution in [0.5, 0.6) is 0 Å². The van der Waals surface area contributed by atoms with Gasteiger partial charge in [-0.3, -0.25) is 9.59 Å². The zero-order valence-electron chi connectivity index (χ0n) is 10.2. The molecule has 6 atom stereocenters. The van der Waals surface area contributed by atoms with Crippen molar-refractivity contribution in [2.45, 2.75) is 33.1 Å². The van der Waals surface area contributed by atoms with Crippen LogP contribution >= 0.6 is 22.9 Å². The lowest BCUT2D eigenvalue weighted by atomic mass is 9.67. The van der Waals surface area contributed by atoms with Crippen molar-refractivity contribution in [1.82, 2.24) is 3.11 Å². The molecule has 3 nitrogen and oxygen atoms in total. The van der Waals surface area contributed by atoms with Gasteiger partial charge in [0.2, 0.25) is 11.8 Å². The van der Waals surface area contributed by atoms with E-state index in [2.05, 4.69) is 13.8 Å². The van der Waals surface area contributed by atoms with E-state index < -0.39 is 0 Å². The van der Waals surface area contributed by atoms with Crippen molar-refractivity contribution in [3.63, 3.8) is 0 Å². The highest BCUT2D eigenvalue weighted by molar-refractivity contribution is 14.1. The van der Waals surface area contributed by atoms with Gasteiger partial charge in [0.1, 0.15) is 0 Å². The zero-order chi connectivity index (χ0) is 12.3. The molecule has 0 N–H and O–H groups in total. The molecule has 0 aromatic carbocycles. The summed E-state index contributed by atoms with van der Waals surface area (Å²) in [5.74, 6) is 2.53. The van der Waals surface area contributed by atoms with E-state index in [4.69, 9.17) is 0 Å². The van der Waals surface area contributed by atoms with Crippen molar-refractivity contribution in [2.24, 2.45) is 35.5 Å². The van der Waals surface area contributed by atoms with Gasteiger partial charge >= 0.3 is 0 Å². The number of hydrogen-bond donors (Lipinski definition) is 0. The van der Waals surface area contributed by atoms with Crippen LogP contribution in [0.25, 0.3) is 0 Å². The molecule has 0 aromatic heterocycles. The molecule has 94 valence electrons. The summed E-state index contributed by atoms with van der Waals surface area (Å²) in [4.78, 5) is 24.3. The molecule has 1 saturated heterocycles. The monoisotopic (exact) mass is 347 g/mol. The zero-order valence-corrected chi connectivity index (χ0v) is 12.4. The third-order valence-electron chi connectivity index (χ3n) is 5.40. The Morgan fingerprint density at radius 2 is 1.47 bits per heavy atom. The van der Waals surface area contributed by atoms with Crippen LogP contribution in [0.15, 0.2) is 0 Å². The number of imide groups is 1. The van der Waals surface area contributed by atoms with E-state index in [9.17, 15) is 9.59 Å². The average molecular weight is 347 g/mol. The van der Waals surface area contributed by atoms with E-state index in [1.54, 1.807) is 0 Å². The maximum absolute atomic E-state index is 12.1. The van der Waals surface area contributed by atoms with Crippen molar-refractivity contribution in [3.8, 4) is 0 Å². The summed E-state index contributed by atoms with van der Waals surface area (Å²) in [5, 5.41) is 0. The Labute approximate surface area is 116 Å². The molecule has 0 aromatic rings. The maximum atomic E-state index is 12.1. The van der Waals surface area contributed by atoms with Crippen molar-refractivity contribution >= 4 is 34.7 Å². The van der Waals surface area contributed by atoms with Gasteiger partial charge in [0, 0.05) is 0 Å². The maximum Gasteiger partial charge on any atom is 0.242 e. The molecule has 3 aliphatic rings. The van der Waals surface area contributed by atoms with Crippen LogP contribution in [0.4, 0.5) is 0 Å². The molecule has 2 bridgehead atoms. The summed E-state index contributed by atoms with van der Waals surface area (Å²) < 4.78 is 1.36. The number of halogens is 1. The summed E-state index contributed by atoms with van der Waals surface area (Å²) >= 11 is 1.89. The third kappa shape index (κ3) is 1.33. The van der Waals surface area contributed by atoms with Crippen LogP contribution in [0.3, 0.4) is 0 Å². The van der Waals surface area contributed by atoms with Crippen LogP contribution in [-0.2, 0) is 9.59 Å². The molecule has 4 heteroatoms. The van der Waals surface area contributed by atoms with Crippen molar-refractivity contribution in [2.75, 3.05) is 0 Å². The van der Waals surface area contributed by atoms with Crippen molar-refractivity contribution in [1.29, 1.82) is 0 Å². The Bertz CT molecular complexity index is 350. The van der Waals surface area contributed by atoms with Crippen molar-refractivity contribution in [3.05, 3.63) is 0 Å². The van der Waals surface area contributed by atoms with Gasteiger partial charge in [0.25, 0.3) is 0 Å². The van der Waals surface area contributed by atoms with Crippen LogP contribution < -0.4 is 0 Å². The second-order valence-electron chi connectivity index (χ2n) is 5.72. The van der Waals surface area contributed by atoms with Crippen LogP contribution in [0.1, 0.15) is 33.1 Å². The molecule has 1 aliphatic heterocycles. The lowest BCUT2D eigenvalue weighted by molar-refractivity contribution is -0.132. The van der Waals surface area contributed by atoms with E-state index in [0.717, 1.165) is 19.3 Å². The number of carbonyl (C=O) groups is 2. The van der Waals surface area contributed by atoms with E-state index in [1.165, 1.54) is 3.11 Å². The smallest absolute Gasteiger partial charge is 0.242 e. The molecular weight excluding hydrogens is 329 g/mol. The summed E-state index contributed by atoms with van der Waals surface area (Å²) in [7, 11) is 0. The molecule has 17 heavy (non-hydrogen) atoms. The first-order chi connectivity index (χ1) is 8.11. The van der Waals surface area contributed by atoms with Gasteiger partial charge in [-0.25, -0.2) is 3.11 Å². The van der Waals surface area contributed by atoms with Gasteiger partial charge in [-0.2, -0.15) is 0 Å². The van der Waals surface area contributed by atoms with Gasteiger partial charge in [-0.05, 0) is 30.1 Å². The quantitative estimate of drug-likeness (QED) is 0.438. The average Bonchev–Trinajstić information content (AvgIpc) is 2.94. The topological polar surface area (TPSA) is 37.4 Å². The molecule has 3 fully saturated rings. The highest BCUT2D eigenvalue weighted by Crippen LogP contribution is 2.63. The molecule has 0 spiro atoms. The molecular formula is C13H18INO2. The molecule has 1 heterocycles. The fourth-order valence-corrected chi connectivity index (χ4v) is 5.56. The highest BCUT2D eigenvalue weighted by Gasteiger charge is 2.65. The lowest BCUT2D eigenvalue weighted by Gasteiger charge is -2.34. The minimum absolute atomic E-state index is 0.0251. The standard InChI is InChI=1S/C13H18INO2/c1-3-6-7(4-2)9-5-8(6)10-11(9)13(17)15(14)12(10)16/h6-11H,3-5H2,1-2H3. The van der Waals surface area contributed by atoms with Gasteiger partial charge < -0.3 is 0 Å². The van der Waals surface area contributed by atoms with Gasteiger partial charge in [0.15, 0.2) is 0 Å². The van der Waals surface area contributed by atoms with Crippen LogP contribution in [-0.4, -0.2) is 14.9 Å². The number of carbonyl (C=O) groups excluding carboxylic acids is 2. The van der Waals surface area contributed by atoms with Gasteiger partial charge in [-0.15, -0.1) is 0 Å². The largest absolute Gasteiger partial charge is 0.273 e. The second-order valence-corrected chi connectivity index (χ2v) is 6.68. The first-order valence-electron chi connectivity index (χ1n) is 6.65. The van der Waals surface area contributed by atoms with Gasteiger partial charge in [-0.1, -0.05) is 26.7 Å². The molecule has 2 aliphatic carbocycles. The van der Waals surface area contributed by atoms with E-state index in [0.29, 0.717) is 23.7 Å². The van der Waals surface area contributed by atoms with Gasteiger partial charge in [0.05, 0.1) is 34.7 Å². The van der Waals surface area contributed by atoms with E-state index in [-0.39, 0.29) is 23.7 Å². The Morgan fingerprint density at radius 3 is 1.82 bits per heavy atom. The fourth-order valence-electron chi connectivity index (χ4n) is 4.91. The summed E-state index contributed by atoms with van der Waals surface area (Å²) in [6.45, 7) is 4.46. The number of rotatable bonds is 2. The van der Waals surface area contributed by atoms with Crippen molar-refractivity contribution < 1.29 is 9.59 Å². The predicted molar refractivity (Wildman–Crippen MR) is 72.0 cm³/mol. The minimum Gasteiger partial charge on any atom is -0.273 e. The Hall–Kier alpha value is -0.130. The number of fused-ring (bicyclic) bond motifs is 5. The summed E-state index contributed by atoms with van der Waals surface area (Å²) in [6, 6.07) is 0. The first-order valence-corrected chi connectivity index (χ1v) is 7.61. The minimum atomic E-state index is 0.0251. The highest BCUT2D eigenvalue weighted by atomic mass is 127. The number of hydrogen-bond acceptors (Lipinski definition) is 2. The SMILES string of the molecule is CCC1C(CC)C2CC1C1C(=O)N(I)C(=O)C21.